The summed E-state index contributed by atoms with van der Waals surface area (Å²) in [5.41, 5.74) is 2.55. The zero-order chi connectivity index (χ0) is 11.4. The Hall–Kier alpha value is -1.85. The van der Waals surface area contributed by atoms with Crippen LogP contribution in [-0.4, -0.2) is 9.97 Å². The van der Waals surface area contributed by atoms with Gasteiger partial charge in [-0.3, -0.25) is 0 Å². The van der Waals surface area contributed by atoms with Gasteiger partial charge >= 0.3 is 0 Å². The summed E-state index contributed by atoms with van der Waals surface area (Å²) in [5.74, 6) is 5.97. The summed E-state index contributed by atoms with van der Waals surface area (Å²) < 4.78 is 0. The fourth-order valence-corrected chi connectivity index (χ4v) is 1.40. The molecule has 0 fully saturated rings. The van der Waals surface area contributed by atoms with Crippen molar-refractivity contribution < 1.29 is 0 Å². The molecule has 0 aliphatic carbocycles. The second-order valence-corrected chi connectivity index (χ2v) is 3.67. The number of nitrogens with zero attached hydrogens (tertiary/aromatic N) is 2. The first-order valence-corrected chi connectivity index (χ1v) is 5.19. The molecule has 2 heterocycles. The molecule has 0 amide bonds. The fourth-order valence-electron chi connectivity index (χ4n) is 1.23. The Bertz CT molecular complexity index is 518. The zero-order valence-electron chi connectivity index (χ0n) is 8.74. The maximum absolute atomic E-state index is 5.76. The lowest BCUT2D eigenvalue weighted by molar-refractivity contribution is 1.18. The first-order chi connectivity index (χ1) is 7.74. The van der Waals surface area contributed by atoms with Gasteiger partial charge in [0.05, 0.1) is 0 Å². The molecule has 16 heavy (non-hydrogen) atoms. The standard InChI is InChI=1S/C13H9ClN2/c1-10-3-2-4-12(16-10)6-5-11-7-8-15-13(14)9-11/h2-4,7-9H,1H3. The summed E-state index contributed by atoms with van der Waals surface area (Å²) in [5, 5.41) is 0.448. The average Bonchev–Trinajstić information content (AvgIpc) is 2.27. The van der Waals surface area contributed by atoms with Gasteiger partial charge in [-0.05, 0) is 37.1 Å². The van der Waals surface area contributed by atoms with Crippen LogP contribution in [-0.2, 0) is 0 Å². The van der Waals surface area contributed by atoms with Gasteiger partial charge in [0.2, 0.25) is 0 Å². The predicted molar refractivity (Wildman–Crippen MR) is 64.2 cm³/mol. The highest BCUT2D eigenvalue weighted by Gasteiger charge is 1.91. The van der Waals surface area contributed by atoms with E-state index in [1.54, 1.807) is 12.3 Å². The third-order valence-corrected chi connectivity index (χ3v) is 2.16. The second kappa shape index (κ2) is 4.78. The van der Waals surface area contributed by atoms with Gasteiger partial charge in [-0.15, -0.1) is 0 Å². The van der Waals surface area contributed by atoms with E-state index in [-0.39, 0.29) is 0 Å². The molecule has 2 nitrogen and oxygen atoms in total. The van der Waals surface area contributed by atoms with Crippen molar-refractivity contribution in [3.63, 3.8) is 0 Å². The normalized spacial score (nSPS) is 9.38. The van der Waals surface area contributed by atoms with Crippen LogP contribution in [0.4, 0.5) is 0 Å². The Balaban J connectivity index is 2.28. The fraction of sp³-hybridized carbons (Fsp3) is 0.0769. The highest BCUT2D eigenvalue weighted by molar-refractivity contribution is 6.29. The summed E-state index contributed by atoms with van der Waals surface area (Å²) in [6, 6.07) is 9.29. The number of halogens is 1. The van der Waals surface area contributed by atoms with Gasteiger partial charge in [-0.1, -0.05) is 23.6 Å². The minimum absolute atomic E-state index is 0.448. The van der Waals surface area contributed by atoms with Crippen molar-refractivity contribution in [3.8, 4) is 11.8 Å². The summed E-state index contributed by atoms with van der Waals surface area (Å²) >= 11 is 5.76. The molecule has 2 aromatic heterocycles. The number of pyridine rings is 2. The van der Waals surface area contributed by atoms with Crippen LogP contribution in [0.3, 0.4) is 0 Å². The van der Waals surface area contributed by atoms with Crippen LogP contribution in [0.5, 0.6) is 0 Å². The van der Waals surface area contributed by atoms with Crippen molar-refractivity contribution in [1.29, 1.82) is 0 Å². The quantitative estimate of drug-likeness (QED) is 0.512. The van der Waals surface area contributed by atoms with Crippen molar-refractivity contribution in [2.24, 2.45) is 0 Å². The van der Waals surface area contributed by atoms with Crippen LogP contribution in [0, 0.1) is 18.8 Å². The van der Waals surface area contributed by atoms with E-state index in [2.05, 4.69) is 21.8 Å². The lowest BCUT2D eigenvalue weighted by Gasteiger charge is -1.92. The third-order valence-electron chi connectivity index (χ3n) is 1.95. The van der Waals surface area contributed by atoms with Crippen molar-refractivity contribution in [1.82, 2.24) is 9.97 Å². The average molecular weight is 229 g/mol. The molecule has 0 aromatic carbocycles. The molecule has 3 heteroatoms. The molecule has 0 aliphatic rings. The molecule has 0 atom stereocenters. The van der Waals surface area contributed by atoms with Gasteiger partial charge in [-0.25, -0.2) is 9.97 Å². The number of hydrogen-bond donors (Lipinski definition) is 0. The highest BCUT2D eigenvalue weighted by Crippen LogP contribution is 2.05. The monoisotopic (exact) mass is 228 g/mol. The van der Waals surface area contributed by atoms with E-state index in [0.717, 1.165) is 17.0 Å². The van der Waals surface area contributed by atoms with Gasteiger partial charge in [0.25, 0.3) is 0 Å². The predicted octanol–water partition coefficient (Wildman–Crippen LogP) is 2.84. The van der Waals surface area contributed by atoms with E-state index in [0.29, 0.717) is 5.15 Å². The molecular weight excluding hydrogens is 220 g/mol. The SMILES string of the molecule is Cc1cccc(C#Cc2ccnc(Cl)c2)n1. The maximum Gasteiger partial charge on any atom is 0.130 e. The Morgan fingerprint density at radius 3 is 2.81 bits per heavy atom. The van der Waals surface area contributed by atoms with Crippen molar-refractivity contribution >= 4 is 11.6 Å². The molecule has 0 N–H and O–H groups in total. The smallest absolute Gasteiger partial charge is 0.130 e. The van der Waals surface area contributed by atoms with Gasteiger partial charge in [0, 0.05) is 17.5 Å². The topological polar surface area (TPSA) is 25.8 Å². The molecule has 0 radical (unpaired) electrons. The number of hydrogen-bond acceptors (Lipinski definition) is 2. The van der Waals surface area contributed by atoms with E-state index in [1.807, 2.05) is 31.2 Å². The molecule has 0 bridgehead atoms. The highest BCUT2D eigenvalue weighted by atomic mass is 35.5. The minimum atomic E-state index is 0.448. The summed E-state index contributed by atoms with van der Waals surface area (Å²) in [4.78, 5) is 8.18. The largest absolute Gasteiger partial charge is 0.245 e. The summed E-state index contributed by atoms with van der Waals surface area (Å²) in [7, 11) is 0. The number of rotatable bonds is 0. The minimum Gasteiger partial charge on any atom is -0.245 e. The van der Waals surface area contributed by atoms with Gasteiger partial charge in [0.1, 0.15) is 10.8 Å². The number of aryl methyl sites for hydroxylation is 1. The molecule has 2 aromatic rings. The van der Waals surface area contributed by atoms with Crippen LogP contribution in [0.2, 0.25) is 5.15 Å². The number of aromatic nitrogens is 2. The second-order valence-electron chi connectivity index (χ2n) is 3.28. The van der Waals surface area contributed by atoms with E-state index >= 15 is 0 Å². The van der Waals surface area contributed by atoms with Crippen LogP contribution >= 0.6 is 11.6 Å². The maximum atomic E-state index is 5.76. The van der Waals surface area contributed by atoms with E-state index < -0.39 is 0 Å². The van der Waals surface area contributed by atoms with Crippen LogP contribution < -0.4 is 0 Å². The van der Waals surface area contributed by atoms with Crippen LogP contribution in [0.15, 0.2) is 36.5 Å². The van der Waals surface area contributed by atoms with Crippen molar-refractivity contribution in [3.05, 3.63) is 58.6 Å². The van der Waals surface area contributed by atoms with Crippen molar-refractivity contribution in [2.75, 3.05) is 0 Å². The Kier molecular flexibility index (Phi) is 3.19. The molecule has 78 valence electrons. The van der Waals surface area contributed by atoms with E-state index in [4.69, 9.17) is 11.6 Å². The molecule has 0 spiro atoms. The lowest BCUT2D eigenvalue weighted by atomic mass is 10.2. The Morgan fingerprint density at radius 1 is 1.19 bits per heavy atom. The van der Waals surface area contributed by atoms with Crippen molar-refractivity contribution in [2.45, 2.75) is 6.92 Å². The third kappa shape index (κ3) is 2.82. The van der Waals surface area contributed by atoms with Gasteiger partial charge < -0.3 is 0 Å². The molecule has 0 aliphatic heterocycles. The Labute approximate surface area is 99.3 Å². The van der Waals surface area contributed by atoms with E-state index in [1.165, 1.54) is 0 Å². The summed E-state index contributed by atoms with van der Waals surface area (Å²) in [6.07, 6.45) is 1.63. The molecular formula is C13H9ClN2. The summed E-state index contributed by atoms with van der Waals surface area (Å²) in [6.45, 7) is 1.94. The van der Waals surface area contributed by atoms with Crippen LogP contribution in [0.1, 0.15) is 17.0 Å². The molecule has 2 rings (SSSR count). The van der Waals surface area contributed by atoms with Gasteiger partial charge in [-0.2, -0.15) is 0 Å². The zero-order valence-corrected chi connectivity index (χ0v) is 9.49. The molecule has 0 saturated heterocycles. The molecule has 0 saturated carbocycles. The molecule has 0 unspecified atom stereocenters. The van der Waals surface area contributed by atoms with Gasteiger partial charge in [0.15, 0.2) is 0 Å². The first-order valence-electron chi connectivity index (χ1n) is 4.81. The van der Waals surface area contributed by atoms with E-state index in [9.17, 15) is 0 Å². The first kappa shape index (κ1) is 10.7. The Morgan fingerprint density at radius 2 is 2.06 bits per heavy atom. The lowest BCUT2D eigenvalue weighted by Crippen LogP contribution is -1.85. The van der Waals surface area contributed by atoms with Crippen LogP contribution in [0.25, 0.3) is 0 Å².